The summed E-state index contributed by atoms with van der Waals surface area (Å²) in [6.45, 7) is 4.84. The molecule has 0 radical (unpaired) electrons. The molecule has 270 valence electrons. The Bertz CT molecular complexity index is 3370. The molecule has 2 aliphatic carbocycles. The van der Waals surface area contributed by atoms with Crippen LogP contribution in [0.2, 0.25) is 0 Å². The SMILES string of the molecule is CC1(C)c2ccccc2-c2c1c1c(c3ccccc3n1-c1cccc(-c3nc(-c4ccccc4)c4ccccc4n3)c1)c1c2c2ccccc2n1C1=CC=CCC1. The number of hydrogen-bond donors (Lipinski definition) is 0. The molecule has 4 nitrogen and oxygen atoms in total. The largest absolute Gasteiger partial charge is 0.312 e. The molecule has 7 aromatic carbocycles. The molecular formula is C53H38N4. The predicted molar refractivity (Wildman–Crippen MR) is 238 cm³/mol. The van der Waals surface area contributed by atoms with Crippen molar-refractivity contribution >= 4 is 60.2 Å². The van der Waals surface area contributed by atoms with Gasteiger partial charge in [-0.15, -0.1) is 0 Å². The van der Waals surface area contributed by atoms with Crippen molar-refractivity contribution in [3.63, 3.8) is 0 Å². The van der Waals surface area contributed by atoms with E-state index in [0.717, 1.165) is 46.3 Å². The number of aromatic nitrogens is 4. The molecule has 0 bridgehead atoms. The molecule has 12 rings (SSSR count). The molecule has 3 heterocycles. The Kier molecular flexibility index (Phi) is 6.77. The first-order valence-corrected chi connectivity index (χ1v) is 20.0. The summed E-state index contributed by atoms with van der Waals surface area (Å²) in [5, 5.41) is 6.24. The van der Waals surface area contributed by atoms with Crippen LogP contribution in [-0.4, -0.2) is 19.1 Å². The van der Waals surface area contributed by atoms with E-state index >= 15 is 0 Å². The van der Waals surface area contributed by atoms with E-state index in [9.17, 15) is 0 Å². The van der Waals surface area contributed by atoms with Gasteiger partial charge in [0, 0.05) is 54.9 Å². The lowest BCUT2D eigenvalue weighted by Crippen LogP contribution is -2.16. The van der Waals surface area contributed by atoms with E-state index in [1.807, 2.05) is 0 Å². The number of para-hydroxylation sites is 3. The summed E-state index contributed by atoms with van der Waals surface area (Å²) in [6, 6.07) is 54.8. The van der Waals surface area contributed by atoms with Crippen molar-refractivity contribution in [2.45, 2.75) is 32.1 Å². The van der Waals surface area contributed by atoms with Gasteiger partial charge in [0.15, 0.2) is 5.82 Å². The summed E-state index contributed by atoms with van der Waals surface area (Å²) in [5.74, 6) is 0.716. The Morgan fingerprint density at radius 1 is 0.579 bits per heavy atom. The molecule has 57 heavy (non-hydrogen) atoms. The third-order valence-electron chi connectivity index (χ3n) is 12.5. The molecule has 0 amide bonds. The highest BCUT2D eigenvalue weighted by atomic mass is 15.0. The van der Waals surface area contributed by atoms with Crippen LogP contribution in [0.15, 0.2) is 170 Å². The monoisotopic (exact) mass is 730 g/mol. The van der Waals surface area contributed by atoms with Gasteiger partial charge in [0.25, 0.3) is 0 Å². The number of hydrogen-bond acceptors (Lipinski definition) is 2. The lowest BCUT2D eigenvalue weighted by Gasteiger charge is -2.24. The van der Waals surface area contributed by atoms with Crippen LogP contribution in [0.1, 0.15) is 37.8 Å². The average Bonchev–Trinajstić information content (AvgIpc) is 3.87. The second-order valence-electron chi connectivity index (χ2n) is 16.0. The zero-order chi connectivity index (χ0) is 37.8. The van der Waals surface area contributed by atoms with Crippen molar-refractivity contribution < 1.29 is 0 Å². The van der Waals surface area contributed by atoms with Gasteiger partial charge in [-0.1, -0.05) is 147 Å². The minimum atomic E-state index is -0.260. The number of rotatable bonds is 4. The average molecular weight is 731 g/mol. The highest BCUT2D eigenvalue weighted by Crippen LogP contribution is 2.58. The predicted octanol–water partition coefficient (Wildman–Crippen LogP) is 13.7. The third-order valence-corrected chi connectivity index (χ3v) is 12.5. The molecular weight excluding hydrogens is 693 g/mol. The van der Waals surface area contributed by atoms with Crippen molar-refractivity contribution in [2.24, 2.45) is 0 Å². The fourth-order valence-electron chi connectivity index (χ4n) is 10.1. The van der Waals surface area contributed by atoms with Gasteiger partial charge in [-0.05, 0) is 71.5 Å². The highest BCUT2D eigenvalue weighted by Gasteiger charge is 2.41. The topological polar surface area (TPSA) is 35.6 Å². The minimum Gasteiger partial charge on any atom is -0.312 e. The summed E-state index contributed by atoms with van der Waals surface area (Å²) in [4.78, 5) is 10.5. The molecule has 0 spiro atoms. The summed E-state index contributed by atoms with van der Waals surface area (Å²) >= 11 is 0. The van der Waals surface area contributed by atoms with Crippen LogP contribution < -0.4 is 0 Å². The second kappa shape index (κ2) is 12.0. The van der Waals surface area contributed by atoms with Gasteiger partial charge < -0.3 is 9.13 Å². The Morgan fingerprint density at radius 3 is 2.07 bits per heavy atom. The van der Waals surface area contributed by atoms with Crippen molar-refractivity contribution in [1.82, 2.24) is 19.1 Å². The summed E-state index contributed by atoms with van der Waals surface area (Å²) in [6.07, 6.45) is 8.85. The summed E-state index contributed by atoms with van der Waals surface area (Å²) in [5.41, 5.74) is 16.5. The van der Waals surface area contributed by atoms with Crippen LogP contribution in [0.3, 0.4) is 0 Å². The number of benzene rings is 7. The molecule has 0 fully saturated rings. The molecule has 0 atom stereocenters. The van der Waals surface area contributed by atoms with Crippen molar-refractivity contribution in [3.8, 4) is 39.5 Å². The van der Waals surface area contributed by atoms with Crippen LogP contribution in [0.25, 0.3) is 99.7 Å². The van der Waals surface area contributed by atoms with Gasteiger partial charge in [-0.2, -0.15) is 0 Å². The van der Waals surface area contributed by atoms with E-state index in [0.29, 0.717) is 5.82 Å². The lowest BCUT2D eigenvalue weighted by atomic mass is 9.81. The van der Waals surface area contributed by atoms with E-state index in [1.165, 1.54) is 71.6 Å². The maximum absolute atomic E-state index is 5.29. The standard InChI is InChI=1S/C53H38N4/c1-53(2)41-28-13-9-24-37(41)45-46-39-26-11-15-30-43(39)56(35-21-7-4-8-22-35)50(46)47-40-27-12-16-31-44(40)57(51(47)48(45)53)36-23-17-20-34(32-36)52-54-42-29-14-10-25-38(42)49(55-52)33-18-5-3-6-19-33/h3-7,9-21,23-32H,8,22H2,1-2H3. The van der Waals surface area contributed by atoms with Gasteiger partial charge in [-0.3, -0.25) is 0 Å². The Morgan fingerprint density at radius 2 is 1.26 bits per heavy atom. The molecule has 10 aromatic rings. The van der Waals surface area contributed by atoms with Crippen LogP contribution in [0, 0.1) is 0 Å². The smallest absolute Gasteiger partial charge is 0.160 e. The van der Waals surface area contributed by atoms with Gasteiger partial charge in [-0.25, -0.2) is 9.97 Å². The first-order chi connectivity index (χ1) is 28.1. The Labute approximate surface area is 330 Å². The maximum atomic E-state index is 5.29. The summed E-state index contributed by atoms with van der Waals surface area (Å²) < 4.78 is 5.13. The zero-order valence-electron chi connectivity index (χ0n) is 31.9. The summed E-state index contributed by atoms with van der Waals surface area (Å²) in [7, 11) is 0. The highest BCUT2D eigenvalue weighted by molar-refractivity contribution is 6.32. The third kappa shape index (κ3) is 4.50. The normalized spacial score (nSPS) is 14.5. The maximum Gasteiger partial charge on any atom is 0.160 e. The van der Waals surface area contributed by atoms with Crippen LogP contribution in [0.5, 0.6) is 0 Å². The van der Waals surface area contributed by atoms with E-state index in [2.05, 4.69) is 193 Å². The van der Waals surface area contributed by atoms with Crippen LogP contribution in [0.4, 0.5) is 0 Å². The fraction of sp³-hybridized carbons (Fsp3) is 0.0943. The molecule has 4 heteroatoms. The van der Waals surface area contributed by atoms with Crippen LogP contribution in [-0.2, 0) is 5.41 Å². The first kappa shape index (κ1) is 32.2. The number of nitrogens with zero attached hydrogens (tertiary/aromatic N) is 4. The molecule has 0 saturated carbocycles. The van der Waals surface area contributed by atoms with Crippen molar-refractivity contribution in [3.05, 3.63) is 181 Å². The van der Waals surface area contributed by atoms with E-state index < -0.39 is 0 Å². The number of fused-ring (bicyclic) bond motifs is 13. The van der Waals surface area contributed by atoms with Crippen molar-refractivity contribution in [1.29, 1.82) is 0 Å². The van der Waals surface area contributed by atoms with Gasteiger partial charge >= 0.3 is 0 Å². The molecule has 0 aliphatic heterocycles. The molecule has 0 saturated heterocycles. The van der Waals surface area contributed by atoms with E-state index in [-0.39, 0.29) is 5.41 Å². The fourth-order valence-corrected chi connectivity index (χ4v) is 10.1. The molecule has 0 N–H and O–H groups in total. The van der Waals surface area contributed by atoms with Gasteiger partial charge in [0.2, 0.25) is 0 Å². The molecule has 0 unspecified atom stereocenters. The van der Waals surface area contributed by atoms with Crippen LogP contribution >= 0.6 is 0 Å². The zero-order valence-corrected chi connectivity index (χ0v) is 31.9. The first-order valence-electron chi connectivity index (χ1n) is 20.0. The van der Waals surface area contributed by atoms with E-state index in [1.54, 1.807) is 0 Å². The molecule has 3 aromatic heterocycles. The second-order valence-corrected chi connectivity index (χ2v) is 16.0. The Hall–Kier alpha value is -7.04. The minimum absolute atomic E-state index is 0.260. The lowest BCUT2D eigenvalue weighted by molar-refractivity contribution is 0.664. The Balaban J connectivity index is 1.23. The van der Waals surface area contributed by atoms with Crippen molar-refractivity contribution in [2.75, 3.05) is 0 Å². The van der Waals surface area contributed by atoms with E-state index in [4.69, 9.17) is 9.97 Å². The van der Waals surface area contributed by atoms with Gasteiger partial charge in [0.05, 0.1) is 33.3 Å². The quantitative estimate of drug-likeness (QED) is 0.181. The van der Waals surface area contributed by atoms with Gasteiger partial charge in [0.1, 0.15) is 0 Å². The molecule has 2 aliphatic rings. The number of allylic oxidation sites excluding steroid dienone is 4.